The lowest BCUT2D eigenvalue weighted by Crippen LogP contribution is -2.40. The second-order valence-corrected chi connectivity index (χ2v) is 18.8. The molecule has 0 fully saturated rings. The van der Waals surface area contributed by atoms with Crippen LogP contribution in [0.2, 0.25) is 19.6 Å². The van der Waals surface area contributed by atoms with E-state index in [1.807, 2.05) is 0 Å². The average molecular weight is 584 g/mol. The lowest BCUT2D eigenvalue weighted by Gasteiger charge is -2.31. The van der Waals surface area contributed by atoms with Crippen LogP contribution in [-0.4, -0.2) is 8.07 Å². The Labute approximate surface area is 261 Å². The van der Waals surface area contributed by atoms with E-state index in [1.54, 1.807) is 0 Å². The maximum Gasteiger partial charge on any atom is 0.0803 e. The van der Waals surface area contributed by atoms with Gasteiger partial charge in [-0.3, -0.25) is 0 Å². The molecule has 0 saturated heterocycles. The molecule has 0 saturated carbocycles. The molecule has 0 heterocycles. The van der Waals surface area contributed by atoms with Gasteiger partial charge < -0.3 is 4.90 Å². The minimum absolute atomic E-state index is 0.140. The molecule has 0 atom stereocenters. The molecule has 0 aromatic heterocycles. The molecule has 0 spiro atoms. The Bertz CT molecular complexity index is 2240. The highest BCUT2D eigenvalue weighted by Gasteiger charge is 2.39. The summed E-state index contributed by atoms with van der Waals surface area (Å²) in [5.74, 6) is 0. The summed E-state index contributed by atoms with van der Waals surface area (Å²) in [4.78, 5) is 2.46. The molecule has 0 amide bonds. The molecule has 1 aliphatic carbocycles. The van der Waals surface area contributed by atoms with Crippen LogP contribution in [0.4, 0.5) is 17.1 Å². The van der Waals surface area contributed by atoms with Crippen molar-refractivity contribution in [2.45, 2.75) is 38.9 Å². The van der Waals surface area contributed by atoms with Crippen LogP contribution < -0.4 is 10.1 Å². The summed E-state index contributed by atoms with van der Waals surface area (Å²) < 4.78 is 0. The van der Waals surface area contributed by atoms with Gasteiger partial charge in [-0.05, 0) is 90.1 Å². The highest BCUT2D eigenvalue weighted by Crippen LogP contribution is 2.56. The minimum atomic E-state index is -1.62. The van der Waals surface area contributed by atoms with Gasteiger partial charge in [0.15, 0.2) is 0 Å². The molecule has 0 unspecified atom stereocenters. The van der Waals surface area contributed by atoms with Gasteiger partial charge in [-0.1, -0.05) is 137 Å². The van der Waals surface area contributed by atoms with E-state index in [0.29, 0.717) is 0 Å². The molecule has 0 bridgehead atoms. The number of para-hydroxylation sites is 2. The molecule has 44 heavy (non-hydrogen) atoms. The Balaban J connectivity index is 1.38. The molecule has 0 aliphatic heterocycles. The third-order valence-electron chi connectivity index (χ3n) is 9.68. The van der Waals surface area contributed by atoms with Gasteiger partial charge in [-0.15, -0.1) is 0 Å². The smallest absolute Gasteiger partial charge is 0.0803 e. The van der Waals surface area contributed by atoms with E-state index in [0.717, 1.165) is 0 Å². The zero-order valence-corrected chi connectivity index (χ0v) is 27.1. The minimum Gasteiger partial charge on any atom is -0.311 e. The van der Waals surface area contributed by atoms with Crippen molar-refractivity contribution in [3.05, 3.63) is 145 Å². The SMILES string of the molecule is CC1(C)c2c(ccc3cc(N(c4ccccc4)c4ccccc4[Si](C)(C)C)ccc23)-c2c1c1ccccc1c1ccccc21. The van der Waals surface area contributed by atoms with Crippen LogP contribution in [0.15, 0.2) is 133 Å². The molecule has 0 radical (unpaired) electrons. The van der Waals surface area contributed by atoms with E-state index < -0.39 is 8.07 Å². The molecule has 7 aromatic rings. The predicted molar refractivity (Wildman–Crippen MR) is 194 cm³/mol. The fraction of sp³-hybridized carbons (Fsp3) is 0.143. The Kier molecular flexibility index (Phi) is 5.92. The number of anilines is 3. The van der Waals surface area contributed by atoms with Gasteiger partial charge in [0.2, 0.25) is 0 Å². The van der Waals surface area contributed by atoms with Crippen molar-refractivity contribution in [3.8, 4) is 11.1 Å². The first kappa shape index (κ1) is 26.9. The predicted octanol–water partition coefficient (Wildman–Crippen LogP) is 11.5. The van der Waals surface area contributed by atoms with Gasteiger partial charge in [0.1, 0.15) is 0 Å². The maximum atomic E-state index is 2.46. The monoisotopic (exact) mass is 583 g/mol. The second-order valence-electron chi connectivity index (χ2n) is 13.8. The van der Waals surface area contributed by atoms with Crippen LogP contribution in [0, 0.1) is 0 Å². The fourth-order valence-corrected chi connectivity index (χ4v) is 9.40. The van der Waals surface area contributed by atoms with Crippen LogP contribution in [0.3, 0.4) is 0 Å². The quantitative estimate of drug-likeness (QED) is 0.147. The standard InChI is InChI=1S/C42H37NSi/c1-42(2)40-31-26-24-30(43(29-15-7-6-8-16-29)37-21-13-14-22-38(37)44(3,4)5)27-28(31)23-25-36(40)39-34-19-11-9-17-32(34)33-18-10-12-20-35(33)41(39)42/h6-27H,1-5H3. The zero-order valence-electron chi connectivity index (χ0n) is 26.1. The molecule has 2 heteroatoms. The van der Waals surface area contributed by atoms with Gasteiger partial charge in [-0.2, -0.15) is 0 Å². The van der Waals surface area contributed by atoms with Gasteiger partial charge in [0.05, 0.1) is 8.07 Å². The first-order valence-corrected chi connectivity index (χ1v) is 19.2. The number of nitrogens with zero attached hydrogens (tertiary/aromatic N) is 1. The van der Waals surface area contributed by atoms with Crippen LogP contribution in [0.1, 0.15) is 25.0 Å². The highest BCUT2D eigenvalue weighted by molar-refractivity contribution is 6.89. The molecule has 0 N–H and O–H groups in total. The Hall–Kier alpha value is -4.66. The normalized spacial score (nSPS) is 13.8. The molecule has 7 aromatic carbocycles. The molecule has 1 aliphatic rings. The summed E-state index contributed by atoms with van der Waals surface area (Å²) >= 11 is 0. The van der Waals surface area contributed by atoms with Crippen molar-refractivity contribution in [2.24, 2.45) is 0 Å². The molecular weight excluding hydrogens is 547 g/mol. The zero-order chi connectivity index (χ0) is 30.2. The van der Waals surface area contributed by atoms with Crippen LogP contribution in [-0.2, 0) is 5.41 Å². The van der Waals surface area contributed by atoms with E-state index in [1.165, 1.54) is 76.8 Å². The summed E-state index contributed by atoms with van der Waals surface area (Å²) in [7, 11) is -1.62. The first-order chi connectivity index (χ1) is 21.2. The largest absolute Gasteiger partial charge is 0.311 e. The van der Waals surface area contributed by atoms with Gasteiger partial charge >= 0.3 is 0 Å². The number of benzene rings is 7. The summed E-state index contributed by atoms with van der Waals surface area (Å²) in [6, 6.07) is 49.6. The van der Waals surface area contributed by atoms with Crippen molar-refractivity contribution in [3.63, 3.8) is 0 Å². The van der Waals surface area contributed by atoms with E-state index in [9.17, 15) is 0 Å². The van der Waals surface area contributed by atoms with E-state index in [4.69, 9.17) is 0 Å². The third-order valence-corrected chi connectivity index (χ3v) is 11.7. The van der Waals surface area contributed by atoms with Crippen molar-refractivity contribution < 1.29 is 0 Å². The van der Waals surface area contributed by atoms with Crippen molar-refractivity contribution in [1.29, 1.82) is 0 Å². The van der Waals surface area contributed by atoms with Gasteiger partial charge in [-0.25, -0.2) is 0 Å². The van der Waals surface area contributed by atoms with Crippen molar-refractivity contribution in [1.82, 2.24) is 0 Å². The Morgan fingerprint density at radius 3 is 1.84 bits per heavy atom. The van der Waals surface area contributed by atoms with E-state index in [-0.39, 0.29) is 5.41 Å². The lowest BCUT2D eigenvalue weighted by atomic mass is 9.78. The van der Waals surface area contributed by atoms with E-state index >= 15 is 0 Å². The average Bonchev–Trinajstić information content (AvgIpc) is 3.29. The van der Waals surface area contributed by atoms with Gasteiger partial charge in [0.25, 0.3) is 0 Å². The van der Waals surface area contributed by atoms with Gasteiger partial charge in [0, 0.05) is 22.5 Å². The first-order valence-electron chi connectivity index (χ1n) is 15.7. The number of rotatable bonds is 4. The summed E-state index contributed by atoms with van der Waals surface area (Å²) in [6.07, 6.45) is 0. The fourth-order valence-electron chi connectivity index (χ4n) is 7.84. The van der Waals surface area contributed by atoms with E-state index in [2.05, 4.69) is 172 Å². The maximum absolute atomic E-state index is 2.46. The Morgan fingerprint density at radius 2 is 1.11 bits per heavy atom. The topological polar surface area (TPSA) is 3.24 Å². The number of hydrogen-bond acceptors (Lipinski definition) is 1. The summed E-state index contributed by atoms with van der Waals surface area (Å²) in [5.41, 5.74) is 9.18. The molecule has 214 valence electrons. The lowest BCUT2D eigenvalue weighted by molar-refractivity contribution is 0.672. The number of hydrogen-bond donors (Lipinski definition) is 0. The molecular formula is C42H37NSi. The van der Waals surface area contributed by atoms with Crippen molar-refractivity contribution >= 4 is 62.6 Å². The molecule has 8 rings (SSSR count). The Morgan fingerprint density at radius 1 is 0.500 bits per heavy atom. The van der Waals surface area contributed by atoms with Crippen LogP contribution in [0.5, 0.6) is 0 Å². The summed E-state index contributed by atoms with van der Waals surface area (Å²) in [6.45, 7) is 12.2. The number of fused-ring (bicyclic) bond motifs is 10. The van der Waals surface area contributed by atoms with Crippen molar-refractivity contribution in [2.75, 3.05) is 4.90 Å². The highest BCUT2D eigenvalue weighted by atomic mass is 28.3. The summed E-state index contributed by atoms with van der Waals surface area (Å²) in [5, 5.41) is 9.48. The molecule has 1 nitrogen and oxygen atoms in total. The van der Waals surface area contributed by atoms with Crippen LogP contribution >= 0.6 is 0 Å². The van der Waals surface area contributed by atoms with Crippen LogP contribution in [0.25, 0.3) is 43.4 Å². The third kappa shape index (κ3) is 3.91. The second kappa shape index (κ2) is 9.67.